The molecule has 104 heavy (non-hydrogen) atoms. The SMILES string of the molecule is CCC1CCC(c2ccc(-c3cc(F)c(N=C=S)c(F)c3)cc2)CC1.CCC1CCC(c2ccc(-c3ccc(N=C=S)c(F)c3)cc2)CC1.CCCC1CCC(c2ccc(CCc3cc(F)c(N=C=S)c(F)c3)cc2)CC1.CCCC1CCC(c2ccc(CCc3ccc(N=C=S)c(F)c3)cc2)CC1. The molecule has 14 heteroatoms. The van der Waals surface area contributed by atoms with E-state index in [1.54, 1.807) is 18.2 Å². The van der Waals surface area contributed by atoms with Gasteiger partial charge in [0.05, 0.1) is 20.6 Å². The van der Waals surface area contributed by atoms with Gasteiger partial charge in [-0.3, -0.25) is 0 Å². The molecule has 0 radical (unpaired) electrons. The van der Waals surface area contributed by atoms with Gasteiger partial charge in [-0.25, -0.2) is 26.3 Å². The fraction of sp³-hybridized carbons (Fsp3) is 0.422. The Morgan fingerprint density at radius 2 is 0.567 bits per heavy atom. The van der Waals surface area contributed by atoms with Crippen molar-refractivity contribution in [2.45, 2.75) is 218 Å². The highest BCUT2D eigenvalue weighted by molar-refractivity contribution is 7.78. The van der Waals surface area contributed by atoms with E-state index in [4.69, 9.17) is 0 Å². The van der Waals surface area contributed by atoms with E-state index in [9.17, 15) is 26.3 Å². The first-order valence-corrected chi connectivity index (χ1v) is 39.5. The Kier molecular flexibility index (Phi) is 32.6. The van der Waals surface area contributed by atoms with Crippen LogP contribution in [0, 0.1) is 58.6 Å². The lowest BCUT2D eigenvalue weighted by Crippen LogP contribution is -2.13. The van der Waals surface area contributed by atoms with Gasteiger partial charge < -0.3 is 0 Å². The summed E-state index contributed by atoms with van der Waals surface area (Å²) in [6, 6.07) is 49.9. The smallest absolute Gasteiger partial charge is 0.153 e. The van der Waals surface area contributed by atoms with Crippen LogP contribution in [-0.4, -0.2) is 20.6 Å². The van der Waals surface area contributed by atoms with Crippen LogP contribution in [0.3, 0.4) is 0 Å². The molecular formula is C90H98F6N4S4. The van der Waals surface area contributed by atoms with Crippen molar-refractivity contribution in [3.8, 4) is 22.3 Å². The minimum atomic E-state index is -0.727. The van der Waals surface area contributed by atoms with Gasteiger partial charge in [-0.2, -0.15) is 20.0 Å². The fourth-order valence-electron chi connectivity index (χ4n) is 16.1. The van der Waals surface area contributed by atoms with Gasteiger partial charge in [0.1, 0.15) is 34.4 Å². The minimum absolute atomic E-state index is 0.234. The highest BCUT2D eigenvalue weighted by Crippen LogP contribution is 2.42. The number of hydrogen-bond donors (Lipinski definition) is 0. The third kappa shape index (κ3) is 23.8. The second-order valence-corrected chi connectivity index (χ2v) is 29.7. The van der Waals surface area contributed by atoms with Crippen LogP contribution in [0.2, 0.25) is 0 Å². The summed E-state index contributed by atoms with van der Waals surface area (Å²) in [5.41, 5.74) is 12.7. The summed E-state index contributed by atoms with van der Waals surface area (Å²) in [6.45, 7) is 9.13. The Labute approximate surface area is 635 Å². The summed E-state index contributed by atoms with van der Waals surface area (Å²) in [7, 11) is 0. The van der Waals surface area contributed by atoms with Crippen LogP contribution in [0.4, 0.5) is 49.1 Å². The summed E-state index contributed by atoms with van der Waals surface area (Å²) in [6.07, 6.45) is 32.0. The quantitative estimate of drug-likeness (QED) is 0.0385. The second-order valence-electron chi connectivity index (χ2n) is 29.0. The number of nitrogens with zero attached hydrogens (tertiary/aromatic N) is 4. The lowest BCUT2D eigenvalue weighted by molar-refractivity contribution is 0.308. The molecule has 0 amide bonds. The Morgan fingerprint density at radius 3 is 0.913 bits per heavy atom. The highest BCUT2D eigenvalue weighted by Gasteiger charge is 2.26. The molecule has 4 saturated carbocycles. The Morgan fingerprint density at radius 1 is 0.288 bits per heavy atom. The molecule has 0 N–H and O–H groups in total. The van der Waals surface area contributed by atoms with Crippen LogP contribution in [-0.2, 0) is 25.7 Å². The van der Waals surface area contributed by atoms with Gasteiger partial charge in [-0.1, -0.05) is 175 Å². The molecule has 4 aliphatic rings. The normalized spacial score (nSPS) is 19.8. The number of hydrogen-bond acceptors (Lipinski definition) is 8. The van der Waals surface area contributed by atoms with E-state index in [0.717, 1.165) is 71.1 Å². The third-order valence-electron chi connectivity index (χ3n) is 22.4. The van der Waals surface area contributed by atoms with Crippen molar-refractivity contribution in [1.29, 1.82) is 0 Å². The zero-order valence-corrected chi connectivity index (χ0v) is 64.0. The molecule has 0 saturated heterocycles. The van der Waals surface area contributed by atoms with Crippen molar-refractivity contribution in [3.63, 3.8) is 0 Å². The van der Waals surface area contributed by atoms with E-state index in [0.29, 0.717) is 35.3 Å². The number of isothiocyanates is 4. The van der Waals surface area contributed by atoms with Gasteiger partial charge in [0.2, 0.25) is 0 Å². The van der Waals surface area contributed by atoms with Crippen molar-refractivity contribution in [1.82, 2.24) is 0 Å². The molecule has 0 atom stereocenters. The van der Waals surface area contributed by atoms with Crippen LogP contribution < -0.4 is 0 Å². The van der Waals surface area contributed by atoms with Gasteiger partial charge in [0.25, 0.3) is 0 Å². The van der Waals surface area contributed by atoms with E-state index < -0.39 is 23.3 Å². The maximum atomic E-state index is 14.0. The molecule has 0 aromatic heterocycles. The second kappa shape index (κ2) is 42.0. The van der Waals surface area contributed by atoms with Gasteiger partial charge in [-0.15, -0.1) is 0 Å². The topological polar surface area (TPSA) is 49.4 Å². The lowest BCUT2D eigenvalue weighted by Gasteiger charge is -2.28. The zero-order chi connectivity index (χ0) is 73.7. The summed E-state index contributed by atoms with van der Waals surface area (Å²) in [5, 5.41) is 8.43. The van der Waals surface area contributed by atoms with E-state index in [2.05, 4.69) is 192 Å². The molecule has 4 aliphatic carbocycles. The summed E-state index contributed by atoms with van der Waals surface area (Å²) >= 11 is 17.9. The lowest BCUT2D eigenvalue weighted by atomic mass is 9.77. The number of thiocarbonyl (C=S) groups is 4. The minimum Gasteiger partial charge on any atom is -0.205 e. The molecule has 8 aromatic rings. The number of rotatable bonds is 22. The van der Waals surface area contributed by atoms with Crippen molar-refractivity contribution < 1.29 is 26.3 Å². The predicted molar refractivity (Wildman–Crippen MR) is 432 cm³/mol. The first-order valence-electron chi connectivity index (χ1n) is 37.9. The molecule has 4 fully saturated rings. The van der Waals surface area contributed by atoms with E-state index in [1.807, 2.05) is 34.6 Å². The molecule has 0 heterocycles. The summed E-state index contributed by atoms with van der Waals surface area (Å²) < 4.78 is 83.8. The van der Waals surface area contributed by atoms with Gasteiger partial charge in [0, 0.05) is 0 Å². The van der Waals surface area contributed by atoms with Crippen molar-refractivity contribution >= 4 is 92.3 Å². The maximum Gasteiger partial charge on any atom is 0.153 e. The highest BCUT2D eigenvalue weighted by atomic mass is 32.1. The number of aryl methyl sites for hydroxylation is 4. The predicted octanol–water partition coefficient (Wildman–Crippen LogP) is 28.9. The molecule has 0 bridgehead atoms. The van der Waals surface area contributed by atoms with Crippen molar-refractivity contribution in [2.24, 2.45) is 43.6 Å². The summed E-state index contributed by atoms with van der Waals surface area (Å²) in [4.78, 5) is 14.3. The molecule has 0 unspecified atom stereocenters. The molecule has 4 nitrogen and oxygen atoms in total. The first-order chi connectivity index (χ1) is 50.6. The molecular weight excluding hydrogens is 1380 g/mol. The Bertz CT molecular complexity index is 4190. The van der Waals surface area contributed by atoms with Crippen LogP contribution in [0.5, 0.6) is 0 Å². The Balaban J connectivity index is 0.000000161. The van der Waals surface area contributed by atoms with Crippen LogP contribution >= 0.6 is 48.9 Å². The maximum absolute atomic E-state index is 14.0. The molecule has 0 spiro atoms. The van der Waals surface area contributed by atoms with Crippen LogP contribution in [0.25, 0.3) is 22.3 Å². The van der Waals surface area contributed by atoms with Gasteiger partial charge >= 0.3 is 0 Å². The molecule has 12 rings (SSSR count). The average Bonchev–Trinajstić information content (AvgIpc) is 0.850. The Hall–Kier alpha value is -7.46. The van der Waals surface area contributed by atoms with Gasteiger partial charge in [0.15, 0.2) is 23.3 Å². The number of halogens is 6. The monoisotopic (exact) mass is 1480 g/mol. The fourth-order valence-corrected chi connectivity index (χ4v) is 16.4. The molecule has 544 valence electrons. The average molecular weight is 1480 g/mol. The summed E-state index contributed by atoms with van der Waals surface area (Å²) in [5.74, 6) is 2.80. The van der Waals surface area contributed by atoms with E-state index in [-0.39, 0.29) is 34.4 Å². The van der Waals surface area contributed by atoms with E-state index >= 15 is 0 Å². The number of aliphatic imine (C=N–C) groups is 4. The standard InChI is InChI=1S/C24H27F2NS.C24H28FNS.C21H21F2NS.C21H22FNS/c1-2-3-17-6-10-20(11-7-17)21-12-8-18(9-13-21)4-5-19-14-22(25)24(27-16-28)23(26)15-19;1-2-3-18-6-11-21(12-7-18)22-13-8-19(9-14-22)4-5-20-10-15-24(26-17-27)23(25)16-20;1-2-14-3-5-15(6-4-14)16-7-9-17(10-8-16)18-11-19(22)21(24-13-25)20(23)12-18;1-2-15-3-5-16(6-4-15)17-7-9-18(10-8-17)19-11-12-21(23-14-24)20(22)13-19/h8-9,12-15,17,20H,2-7,10-11H2,1H3;8-10,13-16,18,21H,2-7,11-12H2,1H3;7-12,14-15H,2-6H2,1H3;7-13,15-16H,2-6H2,1H3. The van der Waals surface area contributed by atoms with E-state index in [1.165, 1.54) is 205 Å². The first kappa shape index (κ1) is 80.6. The van der Waals surface area contributed by atoms with Crippen molar-refractivity contribution in [2.75, 3.05) is 0 Å². The van der Waals surface area contributed by atoms with Crippen LogP contribution in [0.15, 0.2) is 178 Å². The van der Waals surface area contributed by atoms with Crippen molar-refractivity contribution in [3.05, 3.63) is 237 Å². The molecule has 8 aromatic carbocycles. The third-order valence-corrected chi connectivity index (χ3v) is 22.7. The van der Waals surface area contributed by atoms with Crippen LogP contribution in [0.1, 0.15) is 237 Å². The number of benzene rings is 8. The van der Waals surface area contributed by atoms with Gasteiger partial charge in [-0.05, 0) is 340 Å². The molecule has 0 aliphatic heterocycles. The largest absolute Gasteiger partial charge is 0.205 e. The zero-order valence-electron chi connectivity index (χ0n) is 60.7.